The van der Waals surface area contributed by atoms with Crippen molar-refractivity contribution in [2.45, 2.75) is 13.5 Å². The van der Waals surface area contributed by atoms with Crippen molar-refractivity contribution in [3.63, 3.8) is 0 Å². The van der Waals surface area contributed by atoms with Crippen molar-refractivity contribution in [1.29, 1.82) is 0 Å². The molecular formula is C22H19ClN4O2. The summed E-state index contributed by atoms with van der Waals surface area (Å²) < 4.78 is 11.8. The molecule has 0 atom stereocenters. The van der Waals surface area contributed by atoms with Crippen LogP contribution < -0.4 is 15.2 Å². The van der Waals surface area contributed by atoms with Gasteiger partial charge in [0.25, 0.3) is 0 Å². The molecule has 2 N–H and O–H groups in total. The fourth-order valence-electron chi connectivity index (χ4n) is 3.23. The molecule has 0 saturated heterocycles. The molecule has 7 heteroatoms. The molecule has 0 saturated carbocycles. The van der Waals surface area contributed by atoms with Crippen LogP contribution in [0.15, 0.2) is 55.1 Å². The van der Waals surface area contributed by atoms with E-state index in [2.05, 4.69) is 15.0 Å². The van der Waals surface area contributed by atoms with Crippen molar-refractivity contribution in [2.75, 3.05) is 12.8 Å². The van der Waals surface area contributed by atoms with E-state index in [1.54, 1.807) is 25.6 Å². The van der Waals surface area contributed by atoms with Gasteiger partial charge in [0.2, 0.25) is 0 Å². The standard InChI is InChI=1S/C22H19ClN4O2/c1-13-15(9-25-10-16(13)23)19-18(29-11-14-6-4-3-5-7-14)8-17(28-2)20-21(19)26-12-27-22(20)24/h3-10,12H,11H2,1-2H3,(H2,24,26,27). The summed E-state index contributed by atoms with van der Waals surface area (Å²) in [5, 5.41) is 1.18. The average molecular weight is 407 g/mol. The summed E-state index contributed by atoms with van der Waals surface area (Å²) in [4.78, 5) is 12.9. The van der Waals surface area contributed by atoms with Crippen molar-refractivity contribution >= 4 is 28.3 Å². The summed E-state index contributed by atoms with van der Waals surface area (Å²) in [5.41, 5.74) is 10.2. The van der Waals surface area contributed by atoms with Gasteiger partial charge < -0.3 is 15.2 Å². The maximum atomic E-state index is 6.34. The molecule has 0 spiro atoms. The summed E-state index contributed by atoms with van der Waals surface area (Å²) in [5.74, 6) is 1.47. The second kappa shape index (κ2) is 7.93. The number of pyridine rings is 1. The summed E-state index contributed by atoms with van der Waals surface area (Å²) >= 11 is 6.34. The first-order valence-electron chi connectivity index (χ1n) is 8.98. The predicted octanol–water partition coefficient (Wildman–Crippen LogP) is 4.82. The van der Waals surface area contributed by atoms with Gasteiger partial charge in [0, 0.05) is 24.0 Å². The molecule has 2 aromatic heterocycles. The van der Waals surface area contributed by atoms with Crippen molar-refractivity contribution in [3.05, 3.63) is 71.3 Å². The van der Waals surface area contributed by atoms with Gasteiger partial charge in [-0.25, -0.2) is 9.97 Å². The Balaban J connectivity index is 1.97. The average Bonchev–Trinajstić information content (AvgIpc) is 2.74. The number of fused-ring (bicyclic) bond motifs is 1. The number of rotatable bonds is 5. The highest BCUT2D eigenvalue weighted by atomic mass is 35.5. The van der Waals surface area contributed by atoms with Gasteiger partial charge in [0.05, 0.1) is 28.6 Å². The van der Waals surface area contributed by atoms with Gasteiger partial charge in [-0.3, -0.25) is 4.98 Å². The van der Waals surface area contributed by atoms with Gasteiger partial charge >= 0.3 is 0 Å². The maximum absolute atomic E-state index is 6.34. The van der Waals surface area contributed by atoms with Gasteiger partial charge in [-0.15, -0.1) is 0 Å². The molecule has 29 heavy (non-hydrogen) atoms. The van der Waals surface area contributed by atoms with E-state index in [9.17, 15) is 0 Å². The molecule has 0 aliphatic heterocycles. The number of anilines is 1. The van der Waals surface area contributed by atoms with Crippen LogP contribution >= 0.6 is 11.6 Å². The molecule has 0 aliphatic carbocycles. The zero-order valence-corrected chi connectivity index (χ0v) is 16.8. The Labute approximate surface area is 173 Å². The number of halogens is 1. The van der Waals surface area contributed by atoms with E-state index in [-0.39, 0.29) is 0 Å². The third-order valence-corrected chi connectivity index (χ3v) is 5.13. The summed E-state index contributed by atoms with van der Waals surface area (Å²) in [7, 11) is 1.58. The molecule has 0 aliphatic rings. The molecule has 146 valence electrons. The Morgan fingerprint density at radius 3 is 2.62 bits per heavy atom. The number of benzene rings is 2. The first-order chi connectivity index (χ1) is 14.1. The van der Waals surface area contributed by atoms with E-state index in [1.807, 2.05) is 37.3 Å². The lowest BCUT2D eigenvalue weighted by molar-refractivity contribution is 0.305. The zero-order valence-electron chi connectivity index (χ0n) is 16.0. The monoisotopic (exact) mass is 406 g/mol. The lowest BCUT2D eigenvalue weighted by Gasteiger charge is -2.18. The number of hydrogen-bond donors (Lipinski definition) is 1. The SMILES string of the molecule is COc1cc(OCc2ccccc2)c(-c2cncc(Cl)c2C)c2ncnc(N)c12. The van der Waals surface area contributed by atoms with E-state index in [1.165, 1.54) is 6.33 Å². The highest BCUT2D eigenvalue weighted by Gasteiger charge is 2.21. The van der Waals surface area contributed by atoms with Crippen LogP contribution in [-0.2, 0) is 6.61 Å². The Morgan fingerprint density at radius 2 is 1.86 bits per heavy atom. The second-order valence-electron chi connectivity index (χ2n) is 6.50. The minimum Gasteiger partial charge on any atom is -0.496 e. The molecule has 2 heterocycles. The lowest BCUT2D eigenvalue weighted by atomic mass is 9.98. The largest absolute Gasteiger partial charge is 0.496 e. The first-order valence-corrected chi connectivity index (χ1v) is 9.36. The van der Waals surface area contributed by atoms with Gasteiger partial charge in [-0.2, -0.15) is 0 Å². The number of hydrogen-bond acceptors (Lipinski definition) is 6. The van der Waals surface area contributed by atoms with E-state index in [0.29, 0.717) is 39.8 Å². The number of methoxy groups -OCH3 is 1. The van der Waals surface area contributed by atoms with Gasteiger partial charge in [-0.05, 0) is 18.1 Å². The number of nitrogens with zero attached hydrogens (tertiary/aromatic N) is 3. The number of ether oxygens (including phenoxy) is 2. The maximum Gasteiger partial charge on any atom is 0.138 e. The van der Waals surface area contributed by atoms with E-state index < -0.39 is 0 Å². The van der Waals surface area contributed by atoms with Crippen LogP contribution in [0.2, 0.25) is 5.02 Å². The summed E-state index contributed by atoms with van der Waals surface area (Å²) in [6, 6.07) is 11.7. The smallest absolute Gasteiger partial charge is 0.138 e. The van der Waals surface area contributed by atoms with Crippen LogP contribution in [0, 0.1) is 6.92 Å². The van der Waals surface area contributed by atoms with Crippen molar-refractivity contribution in [3.8, 4) is 22.6 Å². The molecule has 6 nitrogen and oxygen atoms in total. The summed E-state index contributed by atoms with van der Waals surface area (Å²) in [6.45, 7) is 2.32. The minimum atomic E-state index is 0.329. The van der Waals surface area contributed by atoms with Crippen LogP contribution in [0.4, 0.5) is 5.82 Å². The molecule has 0 bridgehead atoms. The third kappa shape index (κ3) is 3.54. The fraction of sp³-hybridized carbons (Fsp3) is 0.136. The molecule has 0 fully saturated rings. The Morgan fingerprint density at radius 1 is 1.07 bits per heavy atom. The second-order valence-corrected chi connectivity index (χ2v) is 6.91. The Bertz CT molecular complexity index is 1180. The predicted molar refractivity (Wildman–Crippen MR) is 114 cm³/mol. The quantitative estimate of drug-likeness (QED) is 0.511. The van der Waals surface area contributed by atoms with Gasteiger partial charge in [-0.1, -0.05) is 41.9 Å². The Kier molecular flexibility index (Phi) is 5.18. The molecule has 2 aromatic carbocycles. The fourth-order valence-corrected chi connectivity index (χ4v) is 3.39. The molecule has 4 rings (SSSR count). The van der Waals surface area contributed by atoms with Crippen LogP contribution in [-0.4, -0.2) is 22.1 Å². The number of nitrogen functional groups attached to an aromatic ring is 1. The van der Waals surface area contributed by atoms with Crippen LogP contribution in [0.1, 0.15) is 11.1 Å². The molecule has 0 radical (unpaired) electrons. The lowest BCUT2D eigenvalue weighted by Crippen LogP contribution is -2.03. The highest BCUT2D eigenvalue weighted by molar-refractivity contribution is 6.31. The van der Waals surface area contributed by atoms with E-state index >= 15 is 0 Å². The number of nitrogens with two attached hydrogens (primary N) is 1. The van der Waals surface area contributed by atoms with Gasteiger partial charge in [0.1, 0.15) is 30.3 Å². The first kappa shape index (κ1) is 19.0. The molecule has 0 amide bonds. The normalized spacial score (nSPS) is 10.9. The summed E-state index contributed by atoms with van der Waals surface area (Å²) in [6.07, 6.45) is 4.78. The third-order valence-electron chi connectivity index (χ3n) is 4.75. The minimum absolute atomic E-state index is 0.329. The molecular weight excluding hydrogens is 388 g/mol. The topological polar surface area (TPSA) is 83.2 Å². The van der Waals surface area contributed by atoms with Crippen molar-refractivity contribution in [1.82, 2.24) is 15.0 Å². The van der Waals surface area contributed by atoms with Crippen molar-refractivity contribution < 1.29 is 9.47 Å². The van der Waals surface area contributed by atoms with Crippen LogP contribution in [0.3, 0.4) is 0 Å². The number of aromatic nitrogens is 3. The van der Waals surface area contributed by atoms with Crippen LogP contribution in [0.5, 0.6) is 11.5 Å². The van der Waals surface area contributed by atoms with Crippen LogP contribution in [0.25, 0.3) is 22.0 Å². The van der Waals surface area contributed by atoms with Gasteiger partial charge in [0.15, 0.2) is 0 Å². The zero-order chi connectivity index (χ0) is 20.4. The van der Waals surface area contributed by atoms with E-state index in [0.717, 1.165) is 22.3 Å². The molecule has 0 unspecified atom stereocenters. The molecule has 4 aromatic rings. The van der Waals surface area contributed by atoms with E-state index in [4.69, 9.17) is 26.8 Å². The highest BCUT2D eigenvalue weighted by Crippen LogP contribution is 2.44. The Hall–Kier alpha value is -3.38. The van der Waals surface area contributed by atoms with Crippen molar-refractivity contribution in [2.24, 2.45) is 0 Å².